The van der Waals surface area contributed by atoms with Gasteiger partial charge in [-0.15, -0.1) is 0 Å². The van der Waals surface area contributed by atoms with Crippen LogP contribution in [-0.2, 0) is 17.9 Å². The van der Waals surface area contributed by atoms with E-state index in [2.05, 4.69) is 26.1 Å². The zero-order chi connectivity index (χ0) is 21.8. The molecule has 4 rings (SSSR count). The highest BCUT2D eigenvalue weighted by Crippen LogP contribution is 2.31. The predicted molar refractivity (Wildman–Crippen MR) is 118 cm³/mol. The number of aromatic amines is 1. The second-order valence-corrected chi connectivity index (χ2v) is 8.70. The van der Waals surface area contributed by atoms with Crippen molar-refractivity contribution in [3.63, 3.8) is 0 Å². The van der Waals surface area contributed by atoms with Crippen LogP contribution in [0.3, 0.4) is 0 Å². The largest absolute Gasteiger partial charge is 0.489 e. The highest BCUT2D eigenvalue weighted by molar-refractivity contribution is 5.76. The van der Waals surface area contributed by atoms with Gasteiger partial charge in [0.2, 0.25) is 5.91 Å². The molecule has 0 radical (unpaired) electrons. The number of piperidine rings is 1. The number of hydrogen-bond donors (Lipinski definition) is 1. The summed E-state index contributed by atoms with van der Waals surface area (Å²) in [6.07, 6.45) is 2.73. The van der Waals surface area contributed by atoms with E-state index in [0.717, 1.165) is 69.2 Å². The molecular weight excluding hydrogens is 397 g/mol. The van der Waals surface area contributed by atoms with Gasteiger partial charge in [0.05, 0.1) is 29.7 Å². The molecule has 8 heteroatoms. The maximum atomic E-state index is 13.7. The van der Waals surface area contributed by atoms with Gasteiger partial charge in [-0.1, -0.05) is 0 Å². The molecule has 2 aliphatic heterocycles. The minimum absolute atomic E-state index is 0.00377. The molecule has 2 aliphatic rings. The predicted octanol–water partition coefficient (Wildman–Crippen LogP) is 3.17. The van der Waals surface area contributed by atoms with Gasteiger partial charge >= 0.3 is 0 Å². The van der Waals surface area contributed by atoms with Crippen LogP contribution in [0, 0.1) is 5.82 Å². The van der Waals surface area contributed by atoms with E-state index in [1.165, 1.54) is 12.1 Å². The summed E-state index contributed by atoms with van der Waals surface area (Å²) in [4.78, 5) is 18.6. The fraction of sp³-hybridized carbons (Fsp3) is 0.565. The van der Waals surface area contributed by atoms with E-state index in [1.54, 1.807) is 0 Å². The molecule has 0 saturated carbocycles. The Morgan fingerprint density at radius 1 is 1.10 bits per heavy atom. The smallest absolute Gasteiger partial charge is 0.222 e. The molecule has 1 aromatic carbocycles. The molecule has 3 heterocycles. The minimum atomic E-state index is -0.279. The number of piperazine rings is 1. The van der Waals surface area contributed by atoms with Crippen molar-refractivity contribution in [2.75, 3.05) is 37.6 Å². The summed E-state index contributed by atoms with van der Waals surface area (Å²) >= 11 is 0. The number of H-pyrrole nitrogens is 1. The summed E-state index contributed by atoms with van der Waals surface area (Å²) in [6.45, 7) is 9.61. The molecule has 1 aromatic heterocycles. The van der Waals surface area contributed by atoms with Crippen molar-refractivity contribution in [1.29, 1.82) is 0 Å². The van der Waals surface area contributed by atoms with Crippen LogP contribution in [0.2, 0.25) is 0 Å². The SMILES string of the molecule is CC(C)Oc1cc(F)ccc1N1CCN(Cc2cc(CN3CCCCC3=O)[nH]n2)CC1. The zero-order valence-corrected chi connectivity index (χ0v) is 18.4. The van der Waals surface area contributed by atoms with Gasteiger partial charge < -0.3 is 14.5 Å². The Kier molecular flexibility index (Phi) is 6.75. The molecule has 7 nitrogen and oxygen atoms in total. The maximum absolute atomic E-state index is 13.7. The Morgan fingerprint density at radius 3 is 2.65 bits per heavy atom. The number of nitrogens with zero attached hydrogens (tertiary/aromatic N) is 4. The Bertz CT molecular complexity index is 892. The van der Waals surface area contributed by atoms with Crippen LogP contribution >= 0.6 is 0 Å². The molecule has 0 bridgehead atoms. The normalized spacial score (nSPS) is 18.1. The van der Waals surface area contributed by atoms with Crippen LogP contribution in [-0.4, -0.2) is 64.7 Å². The Morgan fingerprint density at radius 2 is 1.90 bits per heavy atom. The van der Waals surface area contributed by atoms with Crippen molar-refractivity contribution >= 4 is 11.6 Å². The number of likely N-dealkylation sites (tertiary alicyclic amines) is 1. The van der Waals surface area contributed by atoms with Crippen LogP contribution < -0.4 is 9.64 Å². The average molecular weight is 430 g/mol. The van der Waals surface area contributed by atoms with Crippen LogP contribution in [0.15, 0.2) is 24.3 Å². The Balaban J connectivity index is 1.31. The summed E-state index contributed by atoms with van der Waals surface area (Å²) < 4.78 is 19.5. The van der Waals surface area contributed by atoms with Crippen LogP contribution in [0.25, 0.3) is 0 Å². The summed E-state index contributed by atoms with van der Waals surface area (Å²) in [5.74, 6) is 0.561. The molecule has 1 amide bonds. The highest BCUT2D eigenvalue weighted by atomic mass is 19.1. The first-order chi connectivity index (χ1) is 15.0. The van der Waals surface area contributed by atoms with Crippen molar-refractivity contribution in [2.45, 2.75) is 52.3 Å². The van der Waals surface area contributed by atoms with Crippen molar-refractivity contribution in [1.82, 2.24) is 20.0 Å². The third kappa shape index (κ3) is 5.55. The number of carbonyl (C=O) groups is 1. The number of nitrogens with one attached hydrogen (secondary N) is 1. The summed E-state index contributed by atoms with van der Waals surface area (Å²) in [5, 5.41) is 7.55. The number of benzene rings is 1. The number of halogens is 1. The fourth-order valence-electron chi connectivity index (χ4n) is 4.28. The van der Waals surface area contributed by atoms with Crippen LogP contribution in [0.4, 0.5) is 10.1 Å². The molecule has 0 aliphatic carbocycles. The van der Waals surface area contributed by atoms with Gasteiger partial charge in [-0.2, -0.15) is 5.10 Å². The van der Waals surface area contributed by atoms with Crippen molar-refractivity contribution in [2.24, 2.45) is 0 Å². The number of hydrogen-bond acceptors (Lipinski definition) is 5. The van der Waals surface area contributed by atoms with E-state index in [4.69, 9.17) is 4.74 Å². The lowest BCUT2D eigenvalue weighted by atomic mass is 10.1. The van der Waals surface area contributed by atoms with Gasteiger partial charge in [-0.3, -0.25) is 14.8 Å². The minimum Gasteiger partial charge on any atom is -0.489 e. The lowest BCUT2D eigenvalue weighted by molar-refractivity contribution is -0.133. The van der Waals surface area contributed by atoms with Gasteiger partial charge in [0.15, 0.2) is 0 Å². The molecule has 168 valence electrons. The second-order valence-electron chi connectivity index (χ2n) is 8.70. The summed E-state index contributed by atoms with van der Waals surface area (Å²) in [7, 11) is 0. The Hall–Kier alpha value is -2.61. The molecule has 0 spiro atoms. The lowest BCUT2D eigenvalue weighted by Crippen LogP contribution is -2.46. The maximum Gasteiger partial charge on any atom is 0.222 e. The number of anilines is 1. The first-order valence-corrected chi connectivity index (χ1v) is 11.2. The first kappa shape index (κ1) is 21.6. The number of carbonyl (C=O) groups excluding carboxylic acids is 1. The zero-order valence-electron chi connectivity index (χ0n) is 18.4. The second kappa shape index (κ2) is 9.68. The van der Waals surface area contributed by atoms with Gasteiger partial charge in [0, 0.05) is 51.8 Å². The van der Waals surface area contributed by atoms with E-state index in [1.807, 2.05) is 24.8 Å². The molecule has 0 unspecified atom stereocenters. The van der Waals surface area contributed by atoms with Gasteiger partial charge in [-0.05, 0) is 44.9 Å². The molecule has 0 atom stereocenters. The third-order valence-electron chi connectivity index (χ3n) is 5.85. The van der Waals surface area contributed by atoms with Gasteiger partial charge in [-0.25, -0.2) is 4.39 Å². The lowest BCUT2D eigenvalue weighted by Gasteiger charge is -2.36. The van der Waals surface area contributed by atoms with Gasteiger partial charge in [0.25, 0.3) is 0 Å². The average Bonchev–Trinajstić information content (AvgIpc) is 3.17. The monoisotopic (exact) mass is 429 g/mol. The first-order valence-electron chi connectivity index (χ1n) is 11.2. The molecule has 1 N–H and O–H groups in total. The van der Waals surface area contributed by atoms with Crippen molar-refractivity contribution < 1.29 is 13.9 Å². The molecule has 31 heavy (non-hydrogen) atoms. The molecule has 2 fully saturated rings. The van der Waals surface area contributed by atoms with Gasteiger partial charge in [0.1, 0.15) is 11.6 Å². The number of amides is 1. The number of rotatable bonds is 7. The number of ether oxygens (including phenoxy) is 1. The molecular formula is C23H32FN5O2. The van der Waals surface area contributed by atoms with Crippen molar-refractivity contribution in [3.8, 4) is 5.75 Å². The standard InChI is InChI=1S/C23H32FN5O2/c1-17(2)31-22-13-18(24)6-7-21(22)28-11-9-27(10-12-28)15-19-14-20(26-25-19)16-29-8-4-3-5-23(29)30/h6-7,13-14,17H,3-5,8-12,15-16H2,1-2H3,(H,25,26). The van der Waals surface area contributed by atoms with Crippen LogP contribution in [0.5, 0.6) is 5.75 Å². The van der Waals surface area contributed by atoms with E-state index in [0.29, 0.717) is 18.7 Å². The van der Waals surface area contributed by atoms with Crippen molar-refractivity contribution in [3.05, 3.63) is 41.5 Å². The molecule has 2 saturated heterocycles. The topological polar surface area (TPSA) is 64.7 Å². The van der Waals surface area contributed by atoms with E-state index >= 15 is 0 Å². The van der Waals surface area contributed by atoms with Crippen LogP contribution in [0.1, 0.15) is 44.5 Å². The van der Waals surface area contributed by atoms with E-state index in [-0.39, 0.29) is 17.8 Å². The van der Waals surface area contributed by atoms with E-state index in [9.17, 15) is 9.18 Å². The fourth-order valence-corrected chi connectivity index (χ4v) is 4.28. The number of aromatic nitrogens is 2. The Labute approximate surface area is 183 Å². The highest BCUT2D eigenvalue weighted by Gasteiger charge is 2.22. The third-order valence-corrected chi connectivity index (χ3v) is 5.85. The molecule has 2 aromatic rings. The quantitative estimate of drug-likeness (QED) is 0.733. The summed E-state index contributed by atoms with van der Waals surface area (Å²) in [5.41, 5.74) is 2.94. The van der Waals surface area contributed by atoms with E-state index < -0.39 is 0 Å². The summed E-state index contributed by atoms with van der Waals surface area (Å²) in [6, 6.07) is 6.85.